The standard InChI is InChI=1S/C12H20O7P2/c1-4-6-11(2)7-5-8-12(3)9-10-18-21(16,17)19-20(13,14)15/h1,7,9H,5-6,8,10H2,2-3H3,(H,16,17)(H2,13,14,15)/b11-7+,12-9+. The molecule has 0 saturated heterocycles. The molecule has 3 N–H and O–H groups in total. The van der Waals surface area contributed by atoms with Gasteiger partial charge in [0.05, 0.1) is 6.61 Å². The summed E-state index contributed by atoms with van der Waals surface area (Å²) in [6.45, 7) is 3.45. The third kappa shape index (κ3) is 12.7. The Labute approximate surface area is 124 Å². The maximum absolute atomic E-state index is 11.1. The average molecular weight is 338 g/mol. The first kappa shape index (κ1) is 20.3. The lowest BCUT2D eigenvalue weighted by atomic mass is 10.1. The average Bonchev–Trinajstić information content (AvgIpc) is 2.25. The number of hydrogen-bond donors (Lipinski definition) is 3. The van der Waals surface area contributed by atoms with E-state index in [-0.39, 0.29) is 6.61 Å². The van der Waals surface area contributed by atoms with E-state index in [9.17, 15) is 9.13 Å². The fraction of sp³-hybridized carbons (Fsp3) is 0.500. The SMILES string of the molecule is C#CC/C(C)=C/CC/C(C)=C/COP(=O)(O)OP(=O)(O)O. The van der Waals surface area contributed by atoms with E-state index in [0.29, 0.717) is 12.8 Å². The Balaban J connectivity index is 4.20. The van der Waals surface area contributed by atoms with Crippen molar-refractivity contribution in [3.63, 3.8) is 0 Å². The molecule has 120 valence electrons. The Morgan fingerprint density at radius 2 is 1.81 bits per heavy atom. The molecule has 0 saturated carbocycles. The fourth-order valence-corrected chi connectivity index (χ4v) is 2.84. The molecule has 0 radical (unpaired) electrons. The van der Waals surface area contributed by atoms with Gasteiger partial charge < -0.3 is 14.7 Å². The quantitative estimate of drug-likeness (QED) is 0.336. The van der Waals surface area contributed by atoms with E-state index in [4.69, 9.17) is 21.1 Å². The zero-order valence-corrected chi connectivity index (χ0v) is 13.7. The predicted molar refractivity (Wildman–Crippen MR) is 79.1 cm³/mol. The fourth-order valence-electron chi connectivity index (χ4n) is 1.31. The van der Waals surface area contributed by atoms with Crippen molar-refractivity contribution in [1.29, 1.82) is 0 Å². The molecule has 0 aliphatic rings. The van der Waals surface area contributed by atoms with Gasteiger partial charge in [-0.05, 0) is 26.7 Å². The maximum Gasteiger partial charge on any atom is 0.481 e. The van der Waals surface area contributed by atoms with Crippen LogP contribution in [0.25, 0.3) is 0 Å². The second-order valence-electron chi connectivity index (χ2n) is 4.36. The number of phosphoric ester groups is 1. The molecule has 1 atom stereocenters. The highest BCUT2D eigenvalue weighted by atomic mass is 31.3. The molecular weight excluding hydrogens is 318 g/mol. The van der Waals surface area contributed by atoms with Crippen molar-refractivity contribution in [2.45, 2.75) is 33.1 Å². The lowest BCUT2D eigenvalue weighted by molar-refractivity contribution is 0.191. The predicted octanol–water partition coefficient (Wildman–Crippen LogP) is 2.91. The number of rotatable bonds is 9. The van der Waals surface area contributed by atoms with Crippen molar-refractivity contribution in [2.75, 3.05) is 6.61 Å². The van der Waals surface area contributed by atoms with Crippen molar-refractivity contribution in [1.82, 2.24) is 0 Å². The summed E-state index contributed by atoms with van der Waals surface area (Å²) in [6.07, 6.45) is 10.8. The lowest BCUT2D eigenvalue weighted by Gasteiger charge is -2.11. The van der Waals surface area contributed by atoms with Crippen molar-refractivity contribution >= 4 is 15.6 Å². The molecule has 9 heteroatoms. The number of terminal acetylenes is 1. The second kappa shape index (κ2) is 9.34. The van der Waals surface area contributed by atoms with Gasteiger partial charge in [0.25, 0.3) is 0 Å². The first-order chi connectivity index (χ1) is 9.56. The van der Waals surface area contributed by atoms with Crippen LogP contribution < -0.4 is 0 Å². The van der Waals surface area contributed by atoms with Gasteiger partial charge in [0.1, 0.15) is 0 Å². The van der Waals surface area contributed by atoms with E-state index >= 15 is 0 Å². The minimum absolute atomic E-state index is 0.285. The largest absolute Gasteiger partial charge is 0.481 e. The summed E-state index contributed by atoms with van der Waals surface area (Å²) < 4.78 is 29.6. The van der Waals surface area contributed by atoms with Gasteiger partial charge in [0, 0.05) is 6.42 Å². The summed E-state index contributed by atoms with van der Waals surface area (Å²) in [5, 5.41) is 0. The van der Waals surface area contributed by atoms with Crippen LogP contribution in [-0.2, 0) is 18.0 Å². The van der Waals surface area contributed by atoms with E-state index in [1.54, 1.807) is 6.92 Å². The molecule has 0 spiro atoms. The zero-order valence-electron chi connectivity index (χ0n) is 11.9. The van der Waals surface area contributed by atoms with Gasteiger partial charge in [-0.2, -0.15) is 4.31 Å². The van der Waals surface area contributed by atoms with Crippen molar-refractivity contribution in [2.24, 2.45) is 0 Å². The van der Waals surface area contributed by atoms with Crippen LogP contribution in [0.2, 0.25) is 0 Å². The van der Waals surface area contributed by atoms with Gasteiger partial charge in [-0.25, -0.2) is 9.13 Å². The highest BCUT2D eigenvalue weighted by Gasteiger charge is 2.31. The minimum atomic E-state index is -5.07. The molecule has 0 aliphatic heterocycles. The molecule has 0 fully saturated rings. The molecule has 0 rings (SSSR count). The molecule has 0 bridgehead atoms. The molecule has 21 heavy (non-hydrogen) atoms. The molecule has 7 nitrogen and oxygen atoms in total. The Morgan fingerprint density at radius 1 is 1.19 bits per heavy atom. The van der Waals surface area contributed by atoms with Gasteiger partial charge in [0.15, 0.2) is 0 Å². The molecule has 0 amide bonds. The van der Waals surface area contributed by atoms with E-state index in [1.165, 1.54) is 6.08 Å². The van der Waals surface area contributed by atoms with Crippen LogP contribution in [0.5, 0.6) is 0 Å². The van der Waals surface area contributed by atoms with Gasteiger partial charge in [-0.3, -0.25) is 4.52 Å². The monoisotopic (exact) mass is 338 g/mol. The van der Waals surface area contributed by atoms with Crippen LogP contribution in [0.1, 0.15) is 33.1 Å². The summed E-state index contributed by atoms with van der Waals surface area (Å²) in [5.41, 5.74) is 1.99. The van der Waals surface area contributed by atoms with E-state index in [2.05, 4.69) is 14.8 Å². The van der Waals surface area contributed by atoms with Gasteiger partial charge in [-0.1, -0.05) is 23.3 Å². The van der Waals surface area contributed by atoms with Crippen LogP contribution in [0.15, 0.2) is 23.3 Å². The summed E-state index contributed by atoms with van der Waals surface area (Å²) >= 11 is 0. The topological polar surface area (TPSA) is 113 Å². The van der Waals surface area contributed by atoms with Gasteiger partial charge in [-0.15, -0.1) is 12.3 Å². The van der Waals surface area contributed by atoms with Crippen LogP contribution in [0.4, 0.5) is 0 Å². The number of hydrogen-bond acceptors (Lipinski definition) is 4. The number of phosphoric acid groups is 2. The highest BCUT2D eigenvalue weighted by Crippen LogP contribution is 2.57. The summed E-state index contributed by atoms with van der Waals surface area (Å²) in [7, 11) is -9.83. The van der Waals surface area contributed by atoms with Crippen LogP contribution in [0, 0.1) is 12.3 Å². The maximum atomic E-state index is 11.1. The van der Waals surface area contributed by atoms with E-state index in [1.807, 2.05) is 13.0 Å². The van der Waals surface area contributed by atoms with Crippen LogP contribution in [0.3, 0.4) is 0 Å². The first-order valence-electron chi connectivity index (χ1n) is 6.04. The van der Waals surface area contributed by atoms with E-state index < -0.39 is 15.6 Å². The lowest BCUT2D eigenvalue weighted by Crippen LogP contribution is -1.94. The summed E-state index contributed by atoms with van der Waals surface area (Å²) in [4.78, 5) is 25.9. The summed E-state index contributed by atoms with van der Waals surface area (Å²) in [6, 6.07) is 0. The third-order valence-corrected chi connectivity index (χ3v) is 4.44. The normalized spacial score (nSPS) is 16.4. The molecule has 0 heterocycles. The van der Waals surface area contributed by atoms with Gasteiger partial charge >= 0.3 is 15.6 Å². The molecule has 0 aromatic rings. The third-order valence-electron chi connectivity index (χ3n) is 2.29. The second-order valence-corrected chi connectivity index (χ2v) is 7.19. The minimum Gasteiger partial charge on any atom is -0.302 e. The van der Waals surface area contributed by atoms with Crippen molar-refractivity contribution < 1.29 is 32.6 Å². The van der Waals surface area contributed by atoms with Crippen molar-refractivity contribution in [3.8, 4) is 12.3 Å². The zero-order chi connectivity index (χ0) is 16.5. The van der Waals surface area contributed by atoms with Gasteiger partial charge in [0.2, 0.25) is 0 Å². The Kier molecular flexibility index (Phi) is 9.03. The molecular formula is C12H20O7P2. The molecule has 0 aromatic carbocycles. The Morgan fingerprint density at radius 3 is 2.33 bits per heavy atom. The number of allylic oxidation sites excluding steroid dienone is 3. The van der Waals surface area contributed by atoms with E-state index in [0.717, 1.165) is 17.6 Å². The Hall–Kier alpha value is -0.700. The molecule has 1 unspecified atom stereocenters. The first-order valence-corrected chi connectivity index (χ1v) is 9.07. The molecule has 0 aliphatic carbocycles. The van der Waals surface area contributed by atoms with Crippen LogP contribution in [-0.4, -0.2) is 21.3 Å². The Bertz CT molecular complexity index is 524. The highest BCUT2D eigenvalue weighted by molar-refractivity contribution is 7.60. The van der Waals surface area contributed by atoms with Crippen LogP contribution >= 0.6 is 15.6 Å². The summed E-state index contributed by atoms with van der Waals surface area (Å²) in [5.74, 6) is 2.54. The molecule has 0 aromatic heterocycles. The smallest absolute Gasteiger partial charge is 0.302 e. The van der Waals surface area contributed by atoms with Crippen molar-refractivity contribution in [3.05, 3.63) is 23.3 Å².